The van der Waals surface area contributed by atoms with Crippen LogP contribution in [0, 0.1) is 20.2 Å². The first-order valence-electron chi connectivity index (χ1n) is 0.730. The van der Waals surface area contributed by atoms with Gasteiger partial charge in [0.05, 0.1) is 0 Å². The van der Waals surface area contributed by atoms with Crippen molar-refractivity contribution in [1.82, 2.24) is 0 Å². The average Bonchev–Trinajstić information content (AvgIpc) is 1.39. The van der Waals surface area contributed by atoms with Crippen LogP contribution in [-0.4, -0.2) is 0 Å². The van der Waals surface area contributed by atoms with Crippen molar-refractivity contribution in [1.29, 1.82) is 0 Å². The molecule has 0 bridgehead atoms. The SMILES string of the molecule is O=N[O-].O=N[O-].[Co+2].[H-].[Li+]. The molecule has 0 aliphatic carbocycles. The van der Waals surface area contributed by atoms with E-state index < -0.39 is 0 Å². The maximum Gasteiger partial charge on any atom is 2.00 e. The van der Waals surface area contributed by atoms with E-state index in [4.69, 9.17) is 20.2 Å². The first-order chi connectivity index (χ1) is 2.83. The largest absolute Gasteiger partial charge is 2.00 e. The maximum absolute atomic E-state index is 8.00. The van der Waals surface area contributed by atoms with Crippen molar-refractivity contribution < 1.29 is 37.1 Å². The third kappa shape index (κ3) is 15400. The van der Waals surface area contributed by atoms with Crippen molar-refractivity contribution in [3.05, 3.63) is 20.2 Å². The zero-order valence-electron chi connectivity index (χ0n) is 4.86. The molecule has 0 aromatic carbocycles. The van der Waals surface area contributed by atoms with Crippen LogP contribution in [-0.2, 0) is 16.8 Å². The van der Waals surface area contributed by atoms with Crippen molar-refractivity contribution in [2.24, 2.45) is 10.7 Å². The second-order valence-corrected chi connectivity index (χ2v) is 0.149. The normalized spacial score (nSPS) is 3.00. The van der Waals surface area contributed by atoms with Crippen LogP contribution in [0.15, 0.2) is 10.7 Å². The Morgan fingerprint density at radius 2 is 1.12 bits per heavy atom. The van der Waals surface area contributed by atoms with E-state index in [1.165, 1.54) is 0 Å². The Balaban J connectivity index is -0.00000000889. The molecule has 0 saturated carbocycles. The van der Waals surface area contributed by atoms with Gasteiger partial charge < -0.3 is 21.7 Å². The van der Waals surface area contributed by atoms with Gasteiger partial charge in [0.15, 0.2) is 0 Å². The summed E-state index contributed by atoms with van der Waals surface area (Å²) in [6.45, 7) is 0. The van der Waals surface area contributed by atoms with Gasteiger partial charge in [-0.05, 0) is 0 Å². The van der Waals surface area contributed by atoms with Gasteiger partial charge in [0, 0.05) is 0 Å². The molecule has 0 aromatic heterocycles. The van der Waals surface area contributed by atoms with Crippen molar-refractivity contribution in [3.63, 3.8) is 0 Å². The number of rotatable bonds is 0. The standard InChI is InChI=1S/Co.Li.2HNO2.H/c;;2*2-1-3;/h;;2*(H,2,3);/q+2;+1;;;-1/p-2. The van der Waals surface area contributed by atoms with Gasteiger partial charge in [-0.2, -0.15) is 0 Å². The van der Waals surface area contributed by atoms with E-state index in [1.54, 1.807) is 0 Å². The van der Waals surface area contributed by atoms with E-state index in [-0.39, 0.29) is 37.1 Å². The van der Waals surface area contributed by atoms with Gasteiger partial charge in [0.1, 0.15) is 0 Å². The molecule has 45 valence electrons. The Hall–Kier alpha value is -0.0961. The average molecular weight is 159 g/mol. The van der Waals surface area contributed by atoms with Crippen molar-refractivity contribution in [2.75, 3.05) is 0 Å². The van der Waals surface area contributed by atoms with Gasteiger partial charge in [0.25, 0.3) is 0 Å². The summed E-state index contributed by atoms with van der Waals surface area (Å²) in [6.07, 6.45) is 0. The van der Waals surface area contributed by atoms with Gasteiger partial charge >= 0.3 is 35.6 Å². The number of nitrogens with zero attached hydrogens (tertiary/aromatic N) is 2. The van der Waals surface area contributed by atoms with E-state index in [0.29, 0.717) is 0 Å². The minimum atomic E-state index is 0. The molecule has 1 radical (unpaired) electrons. The van der Waals surface area contributed by atoms with Gasteiger partial charge in [0.2, 0.25) is 0 Å². The summed E-state index contributed by atoms with van der Waals surface area (Å²) in [5, 5.41) is 18.0. The second-order valence-electron chi connectivity index (χ2n) is 0.149. The third-order valence-corrected chi connectivity index (χ3v) is 0. The molecule has 0 aliphatic heterocycles. The summed E-state index contributed by atoms with van der Waals surface area (Å²) in [4.78, 5) is 16.0. The summed E-state index contributed by atoms with van der Waals surface area (Å²) < 4.78 is 0. The molecular formula is HCoLiN2O4. The fourth-order valence-electron chi connectivity index (χ4n) is 0. The smallest absolute Gasteiger partial charge is 1.00 e. The molecule has 0 N–H and O–H groups in total. The van der Waals surface area contributed by atoms with Crippen LogP contribution in [0.25, 0.3) is 0 Å². The maximum atomic E-state index is 8.00. The number of hydrogen-bond acceptors (Lipinski definition) is 6. The van der Waals surface area contributed by atoms with Crippen LogP contribution >= 0.6 is 0 Å². The van der Waals surface area contributed by atoms with E-state index in [1.807, 2.05) is 0 Å². The molecule has 0 heterocycles. The molecule has 0 spiro atoms. The summed E-state index contributed by atoms with van der Waals surface area (Å²) >= 11 is 0. The quantitative estimate of drug-likeness (QED) is 0.223. The minimum Gasteiger partial charge on any atom is -1.00 e. The summed E-state index contributed by atoms with van der Waals surface area (Å²) in [5.74, 6) is 0. The molecule has 0 saturated heterocycles. The van der Waals surface area contributed by atoms with Crippen LogP contribution in [0.5, 0.6) is 0 Å². The Morgan fingerprint density at radius 3 is 1.12 bits per heavy atom. The Kier molecular flexibility index (Phi) is 205. The van der Waals surface area contributed by atoms with E-state index in [2.05, 4.69) is 0 Å². The van der Waals surface area contributed by atoms with Crippen LogP contribution in [0.1, 0.15) is 1.43 Å². The third-order valence-electron chi connectivity index (χ3n) is 0. The monoisotopic (exact) mass is 159 g/mol. The Bertz CT molecular complexity index is 39.5. The first kappa shape index (κ1) is 24.7. The van der Waals surface area contributed by atoms with Gasteiger partial charge in [-0.15, -0.1) is 10.7 Å². The zero-order chi connectivity index (χ0) is 5.41. The zero-order valence-corrected chi connectivity index (χ0v) is 4.90. The molecular weight excluding hydrogens is 158 g/mol. The molecule has 8 heteroatoms. The fraction of sp³-hybridized carbons (Fsp3) is 0. The van der Waals surface area contributed by atoms with Crippen LogP contribution in [0.3, 0.4) is 0 Å². The molecule has 0 unspecified atom stereocenters. The Labute approximate surface area is 68.4 Å². The Morgan fingerprint density at radius 1 is 1.12 bits per heavy atom. The summed E-state index contributed by atoms with van der Waals surface area (Å²) in [5.41, 5.74) is 0. The van der Waals surface area contributed by atoms with Crippen LogP contribution < -0.4 is 18.9 Å². The van der Waals surface area contributed by atoms with Crippen molar-refractivity contribution >= 4 is 0 Å². The minimum absolute atomic E-state index is 0. The van der Waals surface area contributed by atoms with Crippen LogP contribution in [0.4, 0.5) is 0 Å². The van der Waals surface area contributed by atoms with E-state index >= 15 is 0 Å². The summed E-state index contributed by atoms with van der Waals surface area (Å²) in [6, 6.07) is 0. The predicted molar refractivity (Wildman–Crippen MR) is 19.4 cm³/mol. The molecule has 0 atom stereocenters. The summed E-state index contributed by atoms with van der Waals surface area (Å²) in [7, 11) is 0. The van der Waals surface area contributed by atoms with E-state index in [9.17, 15) is 0 Å². The molecule has 0 amide bonds. The van der Waals surface area contributed by atoms with Crippen molar-refractivity contribution in [2.45, 2.75) is 0 Å². The number of hydrogen-bond donors (Lipinski definition) is 0. The molecule has 0 rings (SSSR count). The molecule has 0 aromatic rings. The molecule has 8 heavy (non-hydrogen) atoms. The van der Waals surface area contributed by atoms with Gasteiger partial charge in [-0.25, -0.2) is 0 Å². The van der Waals surface area contributed by atoms with Crippen molar-refractivity contribution in [3.8, 4) is 0 Å². The molecule has 6 nitrogen and oxygen atoms in total. The second kappa shape index (κ2) is 66.4. The van der Waals surface area contributed by atoms with Crippen LogP contribution in [0.2, 0.25) is 0 Å². The fourth-order valence-corrected chi connectivity index (χ4v) is 0. The topological polar surface area (TPSA) is 105 Å². The molecule has 0 aliphatic rings. The predicted octanol–water partition coefficient (Wildman–Crippen LogP) is -2.38. The first-order valence-corrected chi connectivity index (χ1v) is 0.730. The molecule has 0 fully saturated rings. The van der Waals surface area contributed by atoms with Gasteiger partial charge in [-0.1, -0.05) is 0 Å². The van der Waals surface area contributed by atoms with Gasteiger partial charge in [-0.3, -0.25) is 0 Å². The van der Waals surface area contributed by atoms with E-state index in [0.717, 1.165) is 10.7 Å².